The molecule has 1 aliphatic heterocycles. The molecule has 1 heterocycles. The van der Waals surface area contributed by atoms with E-state index in [-0.39, 0.29) is 17.9 Å². The third kappa shape index (κ3) is 2.16. The van der Waals surface area contributed by atoms with Crippen LogP contribution in [0.15, 0.2) is 36.4 Å². The number of hydrogen-bond acceptors (Lipinski definition) is 1. The first kappa shape index (κ1) is 10.9. The molecule has 0 aromatic heterocycles. The maximum Gasteiger partial charge on any atom is 0.226 e. The SMILES string of the molecule is CC(C)[C@H]1C(=O)N[C@H]1/C=C/c1ccccc1. The number of nitrogens with one attached hydrogen (secondary N) is 1. The van der Waals surface area contributed by atoms with Crippen molar-refractivity contribution in [3.63, 3.8) is 0 Å². The lowest BCUT2D eigenvalue weighted by atomic mass is 9.81. The summed E-state index contributed by atoms with van der Waals surface area (Å²) in [5.74, 6) is 0.719. The van der Waals surface area contributed by atoms with Gasteiger partial charge < -0.3 is 5.32 Å². The van der Waals surface area contributed by atoms with E-state index in [9.17, 15) is 4.79 Å². The topological polar surface area (TPSA) is 29.1 Å². The Labute approximate surface area is 96.4 Å². The number of β-lactam (4-membered cyclic amide) rings is 1. The molecule has 1 aliphatic rings. The molecular formula is C14H17NO. The van der Waals surface area contributed by atoms with Crippen LogP contribution in [0.2, 0.25) is 0 Å². The van der Waals surface area contributed by atoms with E-state index >= 15 is 0 Å². The van der Waals surface area contributed by atoms with Gasteiger partial charge in [0.05, 0.1) is 12.0 Å². The fraction of sp³-hybridized carbons (Fsp3) is 0.357. The molecule has 0 unspecified atom stereocenters. The van der Waals surface area contributed by atoms with Gasteiger partial charge in [0.25, 0.3) is 0 Å². The fourth-order valence-electron chi connectivity index (χ4n) is 2.08. The molecule has 2 atom stereocenters. The molecule has 16 heavy (non-hydrogen) atoms. The van der Waals surface area contributed by atoms with Crippen LogP contribution in [0.3, 0.4) is 0 Å². The fourth-order valence-corrected chi connectivity index (χ4v) is 2.08. The Morgan fingerprint density at radius 3 is 2.50 bits per heavy atom. The summed E-state index contributed by atoms with van der Waals surface area (Å²) in [6.07, 6.45) is 4.15. The van der Waals surface area contributed by atoms with Crippen LogP contribution in [0, 0.1) is 11.8 Å². The summed E-state index contributed by atoms with van der Waals surface area (Å²) in [4.78, 5) is 11.3. The molecule has 84 valence electrons. The van der Waals surface area contributed by atoms with Crippen molar-refractivity contribution in [3.05, 3.63) is 42.0 Å². The largest absolute Gasteiger partial charge is 0.349 e. The molecule has 1 saturated heterocycles. The molecule has 1 amide bonds. The Hall–Kier alpha value is -1.57. The lowest BCUT2D eigenvalue weighted by Crippen LogP contribution is -2.58. The Bertz CT molecular complexity index is 394. The summed E-state index contributed by atoms with van der Waals surface area (Å²) in [5, 5.41) is 2.92. The smallest absolute Gasteiger partial charge is 0.226 e. The van der Waals surface area contributed by atoms with E-state index < -0.39 is 0 Å². The third-order valence-electron chi connectivity index (χ3n) is 3.01. The van der Waals surface area contributed by atoms with E-state index in [4.69, 9.17) is 0 Å². The van der Waals surface area contributed by atoms with Gasteiger partial charge in [-0.05, 0) is 11.5 Å². The molecule has 1 fully saturated rings. The number of hydrogen-bond donors (Lipinski definition) is 1. The monoisotopic (exact) mass is 215 g/mol. The summed E-state index contributed by atoms with van der Waals surface area (Å²) < 4.78 is 0. The molecule has 0 spiro atoms. The van der Waals surface area contributed by atoms with Gasteiger partial charge in [0.15, 0.2) is 0 Å². The van der Waals surface area contributed by atoms with Crippen LogP contribution in [0.25, 0.3) is 6.08 Å². The van der Waals surface area contributed by atoms with Gasteiger partial charge in [-0.3, -0.25) is 4.79 Å². The highest BCUT2D eigenvalue weighted by Gasteiger charge is 2.39. The minimum absolute atomic E-state index is 0.139. The van der Waals surface area contributed by atoms with Crippen LogP contribution in [-0.2, 0) is 4.79 Å². The quantitative estimate of drug-likeness (QED) is 0.771. The summed E-state index contributed by atoms with van der Waals surface area (Å²) in [6, 6.07) is 10.3. The van der Waals surface area contributed by atoms with Gasteiger partial charge in [-0.25, -0.2) is 0 Å². The molecule has 2 rings (SSSR count). The number of carbonyl (C=O) groups is 1. The zero-order valence-electron chi connectivity index (χ0n) is 9.68. The average Bonchev–Trinajstić information content (AvgIpc) is 2.24. The zero-order chi connectivity index (χ0) is 11.5. The van der Waals surface area contributed by atoms with Gasteiger partial charge in [0.2, 0.25) is 5.91 Å². The molecule has 0 radical (unpaired) electrons. The van der Waals surface area contributed by atoms with Crippen molar-refractivity contribution in [1.82, 2.24) is 5.32 Å². The predicted molar refractivity (Wildman–Crippen MR) is 65.7 cm³/mol. The first-order chi connectivity index (χ1) is 7.68. The van der Waals surface area contributed by atoms with Gasteiger partial charge in [-0.1, -0.05) is 56.3 Å². The number of rotatable bonds is 3. The molecule has 0 aliphatic carbocycles. The third-order valence-corrected chi connectivity index (χ3v) is 3.01. The Morgan fingerprint density at radius 1 is 1.25 bits per heavy atom. The first-order valence-electron chi connectivity index (χ1n) is 5.72. The van der Waals surface area contributed by atoms with Gasteiger partial charge in [-0.15, -0.1) is 0 Å². The van der Waals surface area contributed by atoms with Crippen LogP contribution >= 0.6 is 0 Å². The van der Waals surface area contributed by atoms with Crippen LogP contribution in [-0.4, -0.2) is 11.9 Å². The minimum Gasteiger partial charge on any atom is -0.349 e. The zero-order valence-corrected chi connectivity index (χ0v) is 9.68. The molecule has 1 N–H and O–H groups in total. The van der Waals surface area contributed by atoms with Crippen molar-refractivity contribution in [2.24, 2.45) is 11.8 Å². The second-order valence-corrected chi connectivity index (χ2v) is 4.57. The predicted octanol–water partition coefficient (Wildman–Crippen LogP) is 2.47. The maximum absolute atomic E-state index is 11.3. The van der Waals surface area contributed by atoms with Gasteiger partial charge in [-0.2, -0.15) is 0 Å². The van der Waals surface area contributed by atoms with Crippen LogP contribution in [0.4, 0.5) is 0 Å². The Balaban J connectivity index is 2.01. The van der Waals surface area contributed by atoms with Crippen LogP contribution in [0.1, 0.15) is 19.4 Å². The van der Waals surface area contributed by atoms with Crippen molar-refractivity contribution in [1.29, 1.82) is 0 Å². The highest BCUT2D eigenvalue weighted by molar-refractivity contribution is 5.87. The van der Waals surface area contributed by atoms with Crippen molar-refractivity contribution >= 4 is 12.0 Å². The number of benzene rings is 1. The Kier molecular flexibility index (Phi) is 3.09. The van der Waals surface area contributed by atoms with E-state index in [1.165, 1.54) is 5.56 Å². The highest BCUT2D eigenvalue weighted by atomic mass is 16.2. The van der Waals surface area contributed by atoms with E-state index in [1.54, 1.807) is 0 Å². The average molecular weight is 215 g/mol. The van der Waals surface area contributed by atoms with Crippen LogP contribution < -0.4 is 5.32 Å². The molecule has 2 heteroatoms. The molecule has 1 aromatic carbocycles. The molecule has 0 bridgehead atoms. The van der Waals surface area contributed by atoms with E-state index in [0.717, 1.165) is 0 Å². The van der Waals surface area contributed by atoms with Crippen molar-refractivity contribution < 1.29 is 4.79 Å². The second kappa shape index (κ2) is 4.52. The summed E-state index contributed by atoms with van der Waals surface area (Å²) in [7, 11) is 0. The van der Waals surface area contributed by atoms with E-state index in [2.05, 4.69) is 43.4 Å². The Morgan fingerprint density at radius 2 is 1.94 bits per heavy atom. The maximum atomic E-state index is 11.3. The summed E-state index contributed by atoms with van der Waals surface area (Å²) in [6.45, 7) is 4.18. The molecule has 2 nitrogen and oxygen atoms in total. The molecule has 1 aromatic rings. The van der Waals surface area contributed by atoms with Crippen molar-refractivity contribution in [2.75, 3.05) is 0 Å². The number of amides is 1. The van der Waals surface area contributed by atoms with E-state index in [0.29, 0.717) is 5.92 Å². The van der Waals surface area contributed by atoms with Gasteiger partial charge >= 0.3 is 0 Å². The first-order valence-corrected chi connectivity index (χ1v) is 5.72. The highest BCUT2D eigenvalue weighted by Crippen LogP contribution is 2.25. The lowest BCUT2D eigenvalue weighted by molar-refractivity contribution is -0.135. The summed E-state index contributed by atoms with van der Waals surface area (Å²) in [5.41, 5.74) is 1.17. The molecular weight excluding hydrogens is 198 g/mol. The van der Waals surface area contributed by atoms with Crippen molar-refractivity contribution in [2.45, 2.75) is 19.9 Å². The van der Waals surface area contributed by atoms with Crippen LogP contribution in [0.5, 0.6) is 0 Å². The van der Waals surface area contributed by atoms with Gasteiger partial charge in [0, 0.05) is 0 Å². The second-order valence-electron chi connectivity index (χ2n) is 4.57. The lowest BCUT2D eigenvalue weighted by Gasteiger charge is -2.37. The summed E-state index contributed by atoms with van der Waals surface area (Å²) >= 11 is 0. The number of carbonyl (C=O) groups excluding carboxylic acids is 1. The standard InChI is InChI=1S/C14H17NO/c1-10(2)13-12(15-14(13)16)9-8-11-6-4-3-5-7-11/h3-10,12-13H,1-2H3,(H,15,16)/b9-8+/t12-,13+/m0/s1. The normalized spacial score (nSPS) is 24.6. The molecule has 0 saturated carbocycles. The van der Waals surface area contributed by atoms with Gasteiger partial charge in [0.1, 0.15) is 0 Å². The van der Waals surface area contributed by atoms with Crippen molar-refractivity contribution in [3.8, 4) is 0 Å². The van der Waals surface area contributed by atoms with E-state index in [1.807, 2.05) is 18.2 Å². The minimum atomic E-state index is 0.139.